The fraction of sp³-hybridized carbons (Fsp3) is 0.190. The Morgan fingerprint density at radius 2 is 1.71 bits per heavy atom. The number of aryl methyl sites for hydroxylation is 1. The Morgan fingerprint density at radius 3 is 2.36 bits per heavy atom. The van der Waals surface area contributed by atoms with E-state index in [0.717, 1.165) is 10.4 Å². The minimum atomic E-state index is -3.70. The van der Waals surface area contributed by atoms with Crippen molar-refractivity contribution in [1.29, 1.82) is 0 Å². The van der Waals surface area contributed by atoms with Gasteiger partial charge in [-0.15, -0.1) is 11.3 Å². The number of rotatable bonds is 6. The highest BCUT2D eigenvalue weighted by Gasteiger charge is 2.22. The molecule has 0 radical (unpaired) electrons. The highest BCUT2D eigenvalue weighted by molar-refractivity contribution is 7.92. The molecular weight excluding hydrogens is 392 g/mol. The van der Waals surface area contributed by atoms with Crippen molar-refractivity contribution in [3.63, 3.8) is 0 Å². The summed E-state index contributed by atoms with van der Waals surface area (Å²) in [6.07, 6.45) is 0. The molecule has 0 aliphatic heterocycles. The monoisotopic (exact) mass is 414 g/mol. The van der Waals surface area contributed by atoms with Crippen LogP contribution in [0.25, 0.3) is 0 Å². The first kappa shape index (κ1) is 20.1. The van der Waals surface area contributed by atoms with E-state index in [1.165, 1.54) is 11.4 Å². The molecule has 0 saturated carbocycles. The molecule has 1 heterocycles. The molecule has 0 aliphatic carbocycles. The zero-order chi connectivity index (χ0) is 20.3. The van der Waals surface area contributed by atoms with E-state index in [0.29, 0.717) is 17.8 Å². The van der Waals surface area contributed by atoms with E-state index in [4.69, 9.17) is 0 Å². The first-order valence-corrected chi connectivity index (χ1v) is 11.0. The lowest BCUT2D eigenvalue weighted by Gasteiger charge is -2.21. The summed E-state index contributed by atoms with van der Waals surface area (Å²) in [5.41, 5.74) is 1.88. The zero-order valence-corrected chi connectivity index (χ0v) is 17.6. The molecule has 0 aliphatic rings. The fourth-order valence-corrected chi connectivity index (χ4v) is 4.72. The van der Waals surface area contributed by atoms with Crippen LogP contribution in [0.4, 0.5) is 5.69 Å². The molecule has 0 saturated heterocycles. The average Bonchev–Trinajstić information content (AvgIpc) is 3.20. The van der Waals surface area contributed by atoms with Crippen LogP contribution in [0.2, 0.25) is 0 Å². The van der Waals surface area contributed by atoms with Gasteiger partial charge in [-0.1, -0.05) is 29.8 Å². The van der Waals surface area contributed by atoms with Crippen molar-refractivity contribution in [3.05, 3.63) is 82.0 Å². The topological polar surface area (TPSA) is 57.7 Å². The van der Waals surface area contributed by atoms with Crippen LogP contribution in [0.5, 0.6) is 0 Å². The van der Waals surface area contributed by atoms with Crippen molar-refractivity contribution >= 4 is 33.0 Å². The second kappa shape index (κ2) is 8.16. The van der Waals surface area contributed by atoms with Crippen LogP contribution in [0.3, 0.4) is 0 Å². The Kier molecular flexibility index (Phi) is 5.86. The molecule has 3 aromatic rings. The normalized spacial score (nSPS) is 11.2. The van der Waals surface area contributed by atoms with Crippen LogP contribution in [0.15, 0.2) is 70.9 Å². The maximum Gasteiger partial charge on any atom is 0.264 e. The van der Waals surface area contributed by atoms with Gasteiger partial charge in [0, 0.05) is 24.5 Å². The third-order valence-corrected chi connectivity index (χ3v) is 7.12. The number of nitrogens with zero attached hydrogens (tertiary/aromatic N) is 2. The lowest BCUT2D eigenvalue weighted by Crippen LogP contribution is -2.28. The van der Waals surface area contributed by atoms with Gasteiger partial charge in [0.05, 0.1) is 17.1 Å². The molecule has 7 heteroatoms. The Balaban J connectivity index is 1.83. The standard InChI is InChI=1S/C21H22N2O3S2/c1-16-9-11-20(12-10-16)28(25,26)23(3)18-7-4-6-17(14-18)21(24)22(2)15-19-8-5-13-27-19/h4-14H,15H2,1-3H3. The molecule has 3 rings (SSSR count). The summed E-state index contributed by atoms with van der Waals surface area (Å²) in [7, 11) is -0.471. The Bertz CT molecular complexity index is 1060. The van der Waals surface area contributed by atoms with E-state index in [2.05, 4.69) is 0 Å². The van der Waals surface area contributed by atoms with E-state index in [1.807, 2.05) is 24.4 Å². The molecule has 0 spiro atoms. The number of carbonyl (C=O) groups is 1. The Hall–Kier alpha value is -2.64. The van der Waals surface area contributed by atoms with Gasteiger partial charge in [0.2, 0.25) is 0 Å². The van der Waals surface area contributed by atoms with E-state index < -0.39 is 10.0 Å². The molecule has 0 bridgehead atoms. The smallest absolute Gasteiger partial charge is 0.264 e. The van der Waals surface area contributed by atoms with Crippen LogP contribution in [-0.2, 0) is 16.6 Å². The largest absolute Gasteiger partial charge is 0.337 e. The predicted molar refractivity (Wildman–Crippen MR) is 113 cm³/mol. The van der Waals surface area contributed by atoms with Crippen molar-refractivity contribution in [2.24, 2.45) is 0 Å². The summed E-state index contributed by atoms with van der Waals surface area (Å²) in [5.74, 6) is -0.156. The summed E-state index contributed by atoms with van der Waals surface area (Å²) < 4.78 is 27.0. The second-order valence-electron chi connectivity index (χ2n) is 6.58. The van der Waals surface area contributed by atoms with Gasteiger partial charge < -0.3 is 4.90 Å². The molecule has 0 atom stereocenters. The average molecular weight is 415 g/mol. The van der Waals surface area contributed by atoms with Crippen molar-refractivity contribution in [2.45, 2.75) is 18.4 Å². The minimum Gasteiger partial charge on any atom is -0.337 e. The van der Waals surface area contributed by atoms with Gasteiger partial charge in [-0.05, 0) is 48.7 Å². The molecule has 0 fully saturated rings. The first-order chi connectivity index (χ1) is 13.3. The van der Waals surface area contributed by atoms with E-state index in [9.17, 15) is 13.2 Å². The number of sulfonamides is 1. The molecule has 1 aromatic heterocycles. The Morgan fingerprint density at radius 1 is 1.00 bits per heavy atom. The molecular formula is C21H22N2O3S2. The molecule has 0 unspecified atom stereocenters. The quantitative estimate of drug-likeness (QED) is 0.609. The maximum absolute atomic E-state index is 12.9. The van der Waals surface area contributed by atoms with Crippen molar-refractivity contribution in [2.75, 3.05) is 18.4 Å². The number of thiophene rings is 1. The highest BCUT2D eigenvalue weighted by Crippen LogP contribution is 2.24. The van der Waals surface area contributed by atoms with Gasteiger partial charge >= 0.3 is 0 Å². The van der Waals surface area contributed by atoms with Crippen molar-refractivity contribution in [3.8, 4) is 0 Å². The zero-order valence-electron chi connectivity index (χ0n) is 16.0. The van der Waals surface area contributed by atoms with Gasteiger partial charge in [-0.2, -0.15) is 0 Å². The van der Waals surface area contributed by atoms with E-state index in [1.54, 1.807) is 71.8 Å². The first-order valence-electron chi connectivity index (χ1n) is 8.72. The molecule has 146 valence electrons. The Labute approximate surface area is 169 Å². The second-order valence-corrected chi connectivity index (χ2v) is 9.58. The third-order valence-electron chi connectivity index (χ3n) is 4.46. The van der Waals surface area contributed by atoms with Crippen LogP contribution >= 0.6 is 11.3 Å². The SMILES string of the molecule is Cc1ccc(S(=O)(=O)N(C)c2cccc(C(=O)N(C)Cc3cccs3)c2)cc1. The summed E-state index contributed by atoms with van der Waals surface area (Å²) in [5, 5.41) is 1.97. The number of anilines is 1. The summed E-state index contributed by atoms with van der Waals surface area (Å²) in [6, 6.07) is 17.3. The molecule has 28 heavy (non-hydrogen) atoms. The molecule has 5 nitrogen and oxygen atoms in total. The fourth-order valence-electron chi connectivity index (χ4n) is 2.77. The molecule has 1 amide bonds. The number of amides is 1. The number of carbonyl (C=O) groups excluding carboxylic acids is 1. The number of hydrogen-bond acceptors (Lipinski definition) is 4. The minimum absolute atomic E-state index is 0.156. The van der Waals surface area contributed by atoms with E-state index in [-0.39, 0.29) is 10.8 Å². The number of benzene rings is 2. The predicted octanol–water partition coefficient (Wildman–Crippen LogP) is 4.15. The van der Waals surface area contributed by atoms with Gasteiger partial charge in [0.1, 0.15) is 0 Å². The lowest BCUT2D eigenvalue weighted by molar-refractivity contribution is 0.0786. The van der Waals surface area contributed by atoms with Gasteiger partial charge in [-0.25, -0.2) is 8.42 Å². The molecule has 2 aromatic carbocycles. The van der Waals surface area contributed by atoms with Crippen LogP contribution < -0.4 is 4.31 Å². The summed E-state index contributed by atoms with van der Waals surface area (Å²) in [6.45, 7) is 2.42. The van der Waals surface area contributed by atoms with Crippen LogP contribution in [0.1, 0.15) is 20.8 Å². The molecule has 0 N–H and O–H groups in total. The number of hydrogen-bond donors (Lipinski definition) is 0. The van der Waals surface area contributed by atoms with Crippen LogP contribution in [0, 0.1) is 6.92 Å². The van der Waals surface area contributed by atoms with Gasteiger partial charge in [-0.3, -0.25) is 9.10 Å². The highest BCUT2D eigenvalue weighted by atomic mass is 32.2. The maximum atomic E-state index is 12.9. The van der Waals surface area contributed by atoms with Gasteiger partial charge in [0.25, 0.3) is 15.9 Å². The summed E-state index contributed by atoms with van der Waals surface area (Å²) >= 11 is 1.59. The third kappa shape index (κ3) is 4.26. The van der Waals surface area contributed by atoms with Crippen molar-refractivity contribution in [1.82, 2.24) is 4.90 Å². The van der Waals surface area contributed by atoms with Gasteiger partial charge in [0.15, 0.2) is 0 Å². The van der Waals surface area contributed by atoms with Crippen molar-refractivity contribution < 1.29 is 13.2 Å². The van der Waals surface area contributed by atoms with Crippen LogP contribution in [-0.4, -0.2) is 33.3 Å². The summed E-state index contributed by atoms with van der Waals surface area (Å²) in [4.78, 5) is 15.7. The lowest BCUT2D eigenvalue weighted by atomic mass is 10.2. The van der Waals surface area contributed by atoms with E-state index >= 15 is 0 Å².